The molecule has 2 amide bonds. The van der Waals surface area contributed by atoms with Crippen LogP contribution in [0, 0.1) is 5.41 Å². The molecule has 2 rings (SSSR count). The van der Waals surface area contributed by atoms with Crippen LogP contribution in [0.5, 0.6) is 0 Å². The van der Waals surface area contributed by atoms with E-state index in [0.717, 1.165) is 0 Å². The lowest BCUT2D eigenvalue weighted by Gasteiger charge is -2.19. The molecule has 1 atom stereocenters. The molecule has 1 heterocycles. The molecule has 0 spiro atoms. The summed E-state index contributed by atoms with van der Waals surface area (Å²) in [5.74, 6) is -0.396. The number of anilines is 2. The number of nitrogens with one attached hydrogen (secondary N) is 1. The Morgan fingerprint density at radius 2 is 1.83 bits per heavy atom. The Labute approximate surface area is 135 Å². The first-order valence-corrected chi connectivity index (χ1v) is 8.83. The standard InChI is InChI=1S/C15H21N3O4S/c1-15(2,3)14(20)17-10-4-6-11(7-5-10)18-9-12(8-13(18)19)23(16,21)22/h4-7,12H,8-9H2,1-3H3,(H,17,20)(H2,16,21,22). The molecule has 7 nitrogen and oxygen atoms in total. The summed E-state index contributed by atoms with van der Waals surface area (Å²) < 4.78 is 22.8. The van der Waals surface area contributed by atoms with Gasteiger partial charge in [0.15, 0.2) is 0 Å². The first-order chi connectivity index (χ1) is 10.5. The number of rotatable bonds is 3. The summed E-state index contributed by atoms with van der Waals surface area (Å²) in [6.07, 6.45) is -0.110. The lowest BCUT2D eigenvalue weighted by Crippen LogP contribution is -2.32. The molecule has 126 valence electrons. The van der Waals surface area contributed by atoms with Gasteiger partial charge in [0.2, 0.25) is 21.8 Å². The Balaban J connectivity index is 2.11. The van der Waals surface area contributed by atoms with Gasteiger partial charge in [0.1, 0.15) is 5.25 Å². The predicted molar refractivity (Wildman–Crippen MR) is 88.4 cm³/mol. The third kappa shape index (κ3) is 4.08. The highest BCUT2D eigenvalue weighted by Crippen LogP contribution is 2.26. The largest absolute Gasteiger partial charge is 0.326 e. The topological polar surface area (TPSA) is 110 Å². The first kappa shape index (κ1) is 17.4. The smallest absolute Gasteiger partial charge is 0.229 e. The molecule has 1 aliphatic rings. The van der Waals surface area contributed by atoms with Crippen molar-refractivity contribution >= 4 is 33.2 Å². The van der Waals surface area contributed by atoms with Crippen LogP contribution in [0.3, 0.4) is 0 Å². The van der Waals surface area contributed by atoms with Crippen molar-refractivity contribution in [1.82, 2.24) is 0 Å². The first-order valence-electron chi connectivity index (χ1n) is 7.22. The molecule has 3 N–H and O–H groups in total. The minimum absolute atomic E-state index is 0.0470. The van der Waals surface area contributed by atoms with Gasteiger partial charge in [0.25, 0.3) is 0 Å². The fourth-order valence-corrected chi connectivity index (χ4v) is 2.92. The molecule has 0 radical (unpaired) electrons. The summed E-state index contributed by atoms with van der Waals surface area (Å²) in [7, 11) is -3.74. The SMILES string of the molecule is CC(C)(C)C(=O)Nc1ccc(N2CC(S(N)(=O)=O)CC2=O)cc1. The molecule has 1 aliphatic heterocycles. The average molecular weight is 339 g/mol. The number of hydrogen-bond donors (Lipinski definition) is 2. The van der Waals surface area contributed by atoms with Crippen molar-refractivity contribution in [2.45, 2.75) is 32.4 Å². The molecule has 8 heteroatoms. The fraction of sp³-hybridized carbons (Fsp3) is 0.467. The number of hydrogen-bond acceptors (Lipinski definition) is 4. The second kappa shape index (κ2) is 5.93. The average Bonchev–Trinajstić information content (AvgIpc) is 2.80. The van der Waals surface area contributed by atoms with E-state index < -0.39 is 20.7 Å². The van der Waals surface area contributed by atoms with E-state index in [0.29, 0.717) is 11.4 Å². The number of nitrogens with two attached hydrogens (primary N) is 1. The third-order valence-electron chi connectivity index (χ3n) is 3.67. The van der Waals surface area contributed by atoms with Crippen molar-refractivity contribution in [2.75, 3.05) is 16.8 Å². The molecule has 1 fully saturated rings. The Morgan fingerprint density at radius 3 is 2.26 bits per heavy atom. The number of amides is 2. The van der Waals surface area contributed by atoms with E-state index in [2.05, 4.69) is 5.32 Å². The van der Waals surface area contributed by atoms with Gasteiger partial charge in [-0.2, -0.15) is 0 Å². The van der Waals surface area contributed by atoms with Crippen LogP contribution in [0.4, 0.5) is 11.4 Å². The Morgan fingerprint density at radius 1 is 1.26 bits per heavy atom. The van der Waals surface area contributed by atoms with Gasteiger partial charge in [-0.05, 0) is 24.3 Å². The number of carbonyl (C=O) groups is 2. The zero-order valence-electron chi connectivity index (χ0n) is 13.4. The maximum absolute atomic E-state index is 12.0. The van der Waals surface area contributed by atoms with Crippen LogP contribution < -0.4 is 15.4 Å². The fourth-order valence-electron chi connectivity index (χ4n) is 2.19. The van der Waals surface area contributed by atoms with Crippen molar-refractivity contribution < 1.29 is 18.0 Å². The van der Waals surface area contributed by atoms with E-state index in [4.69, 9.17) is 5.14 Å². The molecule has 0 aliphatic carbocycles. The van der Waals surface area contributed by atoms with Crippen molar-refractivity contribution in [3.8, 4) is 0 Å². The van der Waals surface area contributed by atoms with Crippen LogP contribution in [0.1, 0.15) is 27.2 Å². The van der Waals surface area contributed by atoms with E-state index in [1.807, 2.05) is 20.8 Å². The van der Waals surface area contributed by atoms with Crippen molar-refractivity contribution in [3.63, 3.8) is 0 Å². The summed E-state index contributed by atoms with van der Waals surface area (Å²) >= 11 is 0. The second-order valence-electron chi connectivity index (χ2n) is 6.67. The second-order valence-corrected chi connectivity index (χ2v) is 8.52. The van der Waals surface area contributed by atoms with Crippen LogP contribution in [-0.2, 0) is 19.6 Å². The molecular formula is C15H21N3O4S. The molecule has 0 saturated carbocycles. The highest BCUT2D eigenvalue weighted by Gasteiger charge is 2.37. The molecular weight excluding hydrogens is 318 g/mol. The lowest BCUT2D eigenvalue weighted by molar-refractivity contribution is -0.123. The van der Waals surface area contributed by atoms with Gasteiger partial charge in [0.05, 0.1) is 0 Å². The molecule has 1 saturated heterocycles. The monoisotopic (exact) mass is 339 g/mol. The predicted octanol–water partition coefficient (Wildman–Crippen LogP) is 1.07. The Bertz CT molecular complexity index is 720. The van der Waals surface area contributed by atoms with Crippen molar-refractivity contribution in [1.29, 1.82) is 0 Å². The van der Waals surface area contributed by atoms with Gasteiger partial charge in [0, 0.05) is 29.8 Å². The number of primary sulfonamides is 1. The summed E-state index contributed by atoms with van der Waals surface area (Å²) in [4.78, 5) is 25.3. The molecule has 1 aromatic carbocycles. The van der Waals surface area contributed by atoms with E-state index in [1.54, 1.807) is 24.3 Å². The van der Waals surface area contributed by atoms with Crippen LogP contribution in [0.2, 0.25) is 0 Å². The van der Waals surface area contributed by atoms with Gasteiger partial charge in [-0.15, -0.1) is 0 Å². The summed E-state index contributed by atoms with van der Waals surface area (Å²) in [6, 6.07) is 6.69. The van der Waals surface area contributed by atoms with Gasteiger partial charge in [-0.25, -0.2) is 13.6 Å². The summed E-state index contributed by atoms with van der Waals surface area (Å²) in [5.41, 5.74) is 0.685. The quantitative estimate of drug-likeness (QED) is 0.858. The minimum atomic E-state index is -3.74. The zero-order valence-corrected chi connectivity index (χ0v) is 14.2. The maximum Gasteiger partial charge on any atom is 0.229 e. The van der Waals surface area contributed by atoms with Gasteiger partial charge < -0.3 is 10.2 Å². The number of nitrogens with zero attached hydrogens (tertiary/aromatic N) is 1. The minimum Gasteiger partial charge on any atom is -0.326 e. The highest BCUT2D eigenvalue weighted by molar-refractivity contribution is 7.89. The van der Waals surface area contributed by atoms with E-state index >= 15 is 0 Å². The number of benzene rings is 1. The highest BCUT2D eigenvalue weighted by atomic mass is 32.2. The van der Waals surface area contributed by atoms with E-state index in [1.165, 1.54) is 4.90 Å². The normalized spacial score (nSPS) is 19.0. The van der Waals surface area contributed by atoms with Crippen LogP contribution in [0.15, 0.2) is 24.3 Å². The van der Waals surface area contributed by atoms with E-state index in [9.17, 15) is 18.0 Å². The Kier molecular flexibility index (Phi) is 4.50. The van der Waals surface area contributed by atoms with Gasteiger partial charge in [-0.3, -0.25) is 9.59 Å². The summed E-state index contributed by atoms with van der Waals surface area (Å²) in [6.45, 7) is 5.48. The van der Waals surface area contributed by atoms with E-state index in [-0.39, 0.29) is 24.8 Å². The van der Waals surface area contributed by atoms with Crippen molar-refractivity contribution in [3.05, 3.63) is 24.3 Å². The van der Waals surface area contributed by atoms with Gasteiger partial charge >= 0.3 is 0 Å². The third-order valence-corrected chi connectivity index (χ3v) is 4.92. The molecule has 1 unspecified atom stereocenters. The van der Waals surface area contributed by atoms with Crippen LogP contribution >= 0.6 is 0 Å². The van der Waals surface area contributed by atoms with Gasteiger partial charge in [-0.1, -0.05) is 20.8 Å². The molecule has 0 bridgehead atoms. The molecule has 23 heavy (non-hydrogen) atoms. The van der Waals surface area contributed by atoms with Crippen molar-refractivity contribution in [2.24, 2.45) is 10.6 Å². The molecule has 0 aromatic heterocycles. The maximum atomic E-state index is 12.0. The zero-order chi connectivity index (χ0) is 17.4. The Hall–Kier alpha value is -1.93. The molecule has 1 aromatic rings. The van der Waals surface area contributed by atoms with Crippen LogP contribution in [-0.4, -0.2) is 32.0 Å². The van der Waals surface area contributed by atoms with Crippen LogP contribution in [0.25, 0.3) is 0 Å². The lowest BCUT2D eigenvalue weighted by atomic mass is 9.95. The number of carbonyl (C=O) groups excluding carboxylic acids is 2. The number of sulfonamides is 1. The summed E-state index contributed by atoms with van der Waals surface area (Å²) in [5, 5.41) is 7.02.